The number of hydrogen-bond acceptors (Lipinski definition) is 11. The summed E-state index contributed by atoms with van der Waals surface area (Å²) in [5.41, 5.74) is 3.30. The lowest BCUT2D eigenvalue weighted by atomic mass is 10.1. The van der Waals surface area contributed by atoms with Gasteiger partial charge in [-0.25, -0.2) is 23.2 Å². The Balaban J connectivity index is 1.62. The lowest BCUT2D eigenvalue weighted by molar-refractivity contribution is 0.0531. The third-order valence-electron chi connectivity index (χ3n) is 5.34. The van der Waals surface area contributed by atoms with Gasteiger partial charge in [0.1, 0.15) is 10.7 Å². The van der Waals surface area contributed by atoms with Crippen LogP contribution in [0.25, 0.3) is 11.3 Å². The summed E-state index contributed by atoms with van der Waals surface area (Å²) in [5.74, 6) is 0.325. The highest BCUT2D eigenvalue weighted by atomic mass is 32.2. The number of aromatic nitrogens is 3. The standard InChI is InChI=1S/C26H24N6O4S2/c1-4-36-24(33)23-16(2)29-26(37-23)32-25-30-21(19-9-5-17(14-27)6-10-19)13-22(31-25)28-15-18-7-11-20(12-8-18)38(3,34)35/h5-13H,4,15H2,1-3H3,(H2,28,29,30,31,32). The molecule has 0 fully saturated rings. The van der Waals surface area contributed by atoms with Crippen LogP contribution in [-0.2, 0) is 21.1 Å². The predicted molar refractivity (Wildman–Crippen MR) is 145 cm³/mol. The topological polar surface area (TPSA) is 147 Å². The van der Waals surface area contributed by atoms with Crippen molar-refractivity contribution in [3.63, 3.8) is 0 Å². The van der Waals surface area contributed by atoms with E-state index in [9.17, 15) is 13.2 Å². The van der Waals surface area contributed by atoms with Crippen molar-refractivity contribution in [1.29, 1.82) is 5.26 Å². The van der Waals surface area contributed by atoms with Crippen LogP contribution in [-0.4, -0.2) is 42.2 Å². The van der Waals surface area contributed by atoms with Gasteiger partial charge in [-0.15, -0.1) is 0 Å². The third-order valence-corrected chi connectivity index (χ3v) is 7.52. The van der Waals surface area contributed by atoms with E-state index in [1.165, 1.54) is 6.26 Å². The summed E-state index contributed by atoms with van der Waals surface area (Å²) in [6.45, 7) is 4.12. The molecule has 2 aromatic carbocycles. The normalized spacial score (nSPS) is 11.0. The molecule has 0 saturated carbocycles. The van der Waals surface area contributed by atoms with E-state index in [1.807, 2.05) is 0 Å². The van der Waals surface area contributed by atoms with Crippen LogP contribution >= 0.6 is 11.3 Å². The van der Waals surface area contributed by atoms with Gasteiger partial charge in [0.15, 0.2) is 15.0 Å². The molecule has 0 amide bonds. The number of carbonyl (C=O) groups is 1. The Kier molecular flexibility index (Phi) is 7.99. The zero-order chi connectivity index (χ0) is 27.3. The number of anilines is 3. The number of sulfone groups is 1. The first-order chi connectivity index (χ1) is 18.2. The number of benzene rings is 2. The smallest absolute Gasteiger partial charge is 0.350 e. The molecule has 0 aliphatic carbocycles. The van der Waals surface area contributed by atoms with Crippen molar-refractivity contribution in [1.82, 2.24) is 15.0 Å². The molecule has 2 heterocycles. The van der Waals surface area contributed by atoms with E-state index < -0.39 is 15.8 Å². The Morgan fingerprint density at radius 2 is 1.79 bits per heavy atom. The molecule has 0 spiro atoms. The summed E-state index contributed by atoms with van der Waals surface area (Å²) in [4.78, 5) is 26.4. The van der Waals surface area contributed by atoms with E-state index >= 15 is 0 Å². The average molecular weight is 549 g/mol. The molecular formula is C26H24N6O4S2. The van der Waals surface area contributed by atoms with Crippen molar-refractivity contribution < 1.29 is 17.9 Å². The first kappa shape index (κ1) is 26.7. The van der Waals surface area contributed by atoms with Gasteiger partial charge in [-0.3, -0.25) is 5.32 Å². The summed E-state index contributed by atoms with van der Waals surface area (Å²) < 4.78 is 28.6. The fraction of sp³-hybridized carbons (Fsp3) is 0.192. The fourth-order valence-electron chi connectivity index (χ4n) is 3.44. The minimum absolute atomic E-state index is 0.249. The lowest BCUT2D eigenvalue weighted by Gasteiger charge is -2.11. The van der Waals surface area contributed by atoms with Crippen LogP contribution in [0.2, 0.25) is 0 Å². The quantitative estimate of drug-likeness (QED) is 0.282. The SMILES string of the molecule is CCOC(=O)c1sc(Nc2nc(NCc3ccc(S(C)(=O)=O)cc3)cc(-c3ccc(C#N)cc3)n2)nc1C. The van der Waals surface area contributed by atoms with E-state index in [4.69, 9.17) is 10.00 Å². The van der Waals surface area contributed by atoms with Crippen molar-refractivity contribution >= 4 is 44.0 Å². The van der Waals surface area contributed by atoms with E-state index in [0.717, 1.165) is 22.5 Å². The highest BCUT2D eigenvalue weighted by Crippen LogP contribution is 2.28. The van der Waals surface area contributed by atoms with Crippen molar-refractivity contribution in [2.75, 3.05) is 23.5 Å². The molecule has 0 radical (unpaired) electrons. The van der Waals surface area contributed by atoms with Crippen LogP contribution in [0.1, 0.15) is 33.4 Å². The summed E-state index contributed by atoms with van der Waals surface area (Å²) in [5, 5.41) is 15.9. The molecule has 0 aliphatic heterocycles. The predicted octanol–water partition coefficient (Wildman–Crippen LogP) is 4.72. The van der Waals surface area contributed by atoms with Crippen LogP contribution in [0.5, 0.6) is 0 Å². The summed E-state index contributed by atoms with van der Waals surface area (Å²) >= 11 is 1.15. The number of hydrogen-bond donors (Lipinski definition) is 2. The molecule has 194 valence electrons. The summed E-state index contributed by atoms with van der Waals surface area (Å²) in [6.07, 6.45) is 1.17. The van der Waals surface area contributed by atoms with Gasteiger partial charge in [0.05, 0.1) is 34.5 Å². The molecule has 12 heteroatoms. The molecule has 0 unspecified atom stereocenters. The van der Waals surface area contributed by atoms with Crippen LogP contribution in [0.4, 0.5) is 16.9 Å². The van der Waals surface area contributed by atoms with Crippen molar-refractivity contribution in [3.8, 4) is 17.3 Å². The average Bonchev–Trinajstić information content (AvgIpc) is 3.27. The Labute approximate surface area is 224 Å². The van der Waals surface area contributed by atoms with Crippen LogP contribution in [0, 0.1) is 18.3 Å². The van der Waals surface area contributed by atoms with E-state index in [0.29, 0.717) is 39.3 Å². The highest BCUT2D eigenvalue weighted by Gasteiger charge is 2.17. The molecular weight excluding hydrogens is 524 g/mol. The van der Waals surface area contributed by atoms with Gasteiger partial charge in [-0.05, 0) is 43.7 Å². The first-order valence-electron chi connectivity index (χ1n) is 11.5. The largest absolute Gasteiger partial charge is 0.462 e. The molecule has 0 saturated heterocycles. The van der Waals surface area contributed by atoms with Gasteiger partial charge in [0.2, 0.25) is 5.95 Å². The number of carbonyl (C=O) groups excluding carboxylic acids is 1. The van der Waals surface area contributed by atoms with Gasteiger partial charge in [0.25, 0.3) is 0 Å². The number of rotatable bonds is 9. The second-order valence-corrected chi connectivity index (χ2v) is 11.2. The minimum Gasteiger partial charge on any atom is -0.462 e. The van der Waals surface area contributed by atoms with Crippen molar-refractivity contribution in [2.24, 2.45) is 0 Å². The van der Waals surface area contributed by atoms with E-state index in [-0.39, 0.29) is 17.5 Å². The fourth-order valence-corrected chi connectivity index (χ4v) is 4.92. The summed E-state index contributed by atoms with van der Waals surface area (Å²) in [7, 11) is -3.28. The maximum absolute atomic E-state index is 12.2. The second kappa shape index (κ2) is 11.4. The van der Waals surface area contributed by atoms with Gasteiger partial charge in [0, 0.05) is 24.4 Å². The molecule has 10 nitrogen and oxygen atoms in total. The van der Waals surface area contributed by atoms with Gasteiger partial charge in [-0.2, -0.15) is 10.2 Å². The third kappa shape index (κ3) is 6.50. The number of ether oxygens (including phenoxy) is 1. The first-order valence-corrected chi connectivity index (χ1v) is 14.2. The zero-order valence-corrected chi connectivity index (χ0v) is 22.5. The number of esters is 1. The maximum Gasteiger partial charge on any atom is 0.350 e. The Hall–Kier alpha value is -4.34. The Morgan fingerprint density at radius 1 is 1.08 bits per heavy atom. The zero-order valence-electron chi connectivity index (χ0n) is 20.8. The van der Waals surface area contributed by atoms with E-state index in [2.05, 4.69) is 31.7 Å². The van der Waals surface area contributed by atoms with Crippen molar-refractivity contribution in [3.05, 3.63) is 76.3 Å². The Morgan fingerprint density at radius 3 is 2.42 bits per heavy atom. The number of nitrogens with one attached hydrogen (secondary N) is 2. The maximum atomic E-state index is 12.2. The lowest BCUT2D eigenvalue weighted by Crippen LogP contribution is -2.06. The number of thiazole rings is 1. The summed E-state index contributed by atoms with van der Waals surface area (Å²) in [6, 6.07) is 17.5. The molecule has 0 aliphatic rings. The van der Waals surface area contributed by atoms with Gasteiger partial charge in [-0.1, -0.05) is 35.6 Å². The number of nitriles is 1. The minimum atomic E-state index is -3.28. The highest BCUT2D eigenvalue weighted by molar-refractivity contribution is 7.90. The molecule has 4 aromatic rings. The number of aryl methyl sites for hydroxylation is 1. The molecule has 4 rings (SSSR count). The van der Waals surface area contributed by atoms with Crippen LogP contribution in [0.3, 0.4) is 0 Å². The van der Waals surface area contributed by atoms with Crippen LogP contribution < -0.4 is 10.6 Å². The molecule has 0 bridgehead atoms. The van der Waals surface area contributed by atoms with Crippen molar-refractivity contribution in [2.45, 2.75) is 25.3 Å². The molecule has 2 N–H and O–H groups in total. The van der Waals surface area contributed by atoms with Gasteiger partial charge < -0.3 is 10.1 Å². The molecule has 0 atom stereocenters. The monoisotopic (exact) mass is 548 g/mol. The van der Waals surface area contributed by atoms with E-state index in [1.54, 1.807) is 68.4 Å². The molecule has 2 aromatic heterocycles. The number of nitrogens with zero attached hydrogens (tertiary/aromatic N) is 4. The Bertz CT molecular complexity index is 1610. The van der Waals surface area contributed by atoms with Crippen LogP contribution in [0.15, 0.2) is 59.5 Å². The molecule has 38 heavy (non-hydrogen) atoms. The second-order valence-electron chi connectivity index (χ2n) is 8.20. The van der Waals surface area contributed by atoms with Gasteiger partial charge >= 0.3 is 5.97 Å².